The fraction of sp³-hybridized carbons (Fsp3) is 0.240. The molecule has 0 atom stereocenters. The number of pyridine rings is 1. The molecule has 0 N–H and O–H groups in total. The van der Waals surface area contributed by atoms with Crippen LogP contribution in [0.25, 0.3) is 11.0 Å². The molecule has 5 rings (SSSR count). The van der Waals surface area contributed by atoms with Gasteiger partial charge in [-0.15, -0.1) is 0 Å². The first-order valence-corrected chi connectivity index (χ1v) is 10.3. The zero-order valence-electron chi connectivity index (χ0n) is 17.5. The molecule has 0 fully saturated rings. The summed E-state index contributed by atoms with van der Waals surface area (Å²) in [4.78, 5) is 4.61. The second-order valence-corrected chi connectivity index (χ2v) is 7.70. The first-order chi connectivity index (χ1) is 15.1. The zero-order chi connectivity index (χ0) is 21.4. The third-order valence-electron chi connectivity index (χ3n) is 5.71. The van der Waals surface area contributed by atoms with Crippen LogP contribution in [0.5, 0.6) is 17.2 Å². The Balaban J connectivity index is 1.50. The van der Waals surface area contributed by atoms with Crippen molar-refractivity contribution in [3.63, 3.8) is 0 Å². The minimum atomic E-state index is -0.255. The van der Waals surface area contributed by atoms with Gasteiger partial charge < -0.3 is 18.8 Å². The summed E-state index contributed by atoms with van der Waals surface area (Å²) in [6.07, 6.45) is 1.77. The fourth-order valence-electron chi connectivity index (χ4n) is 3.94. The summed E-state index contributed by atoms with van der Waals surface area (Å²) in [5.74, 6) is 2.06. The van der Waals surface area contributed by atoms with Crippen molar-refractivity contribution in [3.05, 3.63) is 82.9 Å². The van der Waals surface area contributed by atoms with Crippen LogP contribution >= 0.6 is 0 Å². The van der Waals surface area contributed by atoms with Crippen LogP contribution in [0, 0.1) is 19.7 Å². The van der Waals surface area contributed by atoms with Crippen LogP contribution < -0.4 is 14.2 Å². The first kappa shape index (κ1) is 19.4. The molecule has 0 spiro atoms. The normalized spacial score (nSPS) is 12.9. The smallest absolute Gasteiger partial charge is 0.161 e. The summed E-state index contributed by atoms with van der Waals surface area (Å²) in [6, 6.07) is 14.3. The highest BCUT2D eigenvalue weighted by Gasteiger charge is 2.18. The van der Waals surface area contributed by atoms with E-state index in [2.05, 4.69) is 29.5 Å². The summed E-state index contributed by atoms with van der Waals surface area (Å²) < 4.78 is 33.0. The Morgan fingerprint density at radius 1 is 0.968 bits per heavy atom. The van der Waals surface area contributed by atoms with Crippen LogP contribution in [0.1, 0.15) is 22.4 Å². The molecular weight excluding hydrogens is 395 g/mol. The van der Waals surface area contributed by atoms with Crippen molar-refractivity contribution >= 4 is 11.0 Å². The van der Waals surface area contributed by atoms with E-state index in [0.717, 1.165) is 50.7 Å². The topological polar surface area (TPSA) is 45.5 Å². The van der Waals surface area contributed by atoms with E-state index in [1.807, 2.05) is 18.2 Å². The van der Waals surface area contributed by atoms with Gasteiger partial charge in [-0.2, -0.15) is 0 Å². The monoisotopic (exact) mass is 418 g/mol. The number of benzene rings is 2. The van der Waals surface area contributed by atoms with E-state index >= 15 is 0 Å². The standard InChI is InChI=1S/C25H23FN2O3/c1-16-17(2)28(14-19-5-8-21-23(13-19)30-12-11-29-21)25-22(9-10-27-24(16)25)31-15-18-3-6-20(26)7-4-18/h3-10,13H,11-12,14-15H2,1-2H3. The summed E-state index contributed by atoms with van der Waals surface area (Å²) >= 11 is 0. The molecule has 0 bridgehead atoms. The lowest BCUT2D eigenvalue weighted by Gasteiger charge is -2.19. The Labute approximate surface area is 180 Å². The molecule has 0 saturated carbocycles. The summed E-state index contributed by atoms with van der Waals surface area (Å²) in [6.45, 7) is 6.32. The van der Waals surface area contributed by atoms with Gasteiger partial charge in [-0.25, -0.2) is 4.39 Å². The van der Waals surface area contributed by atoms with Crippen LogP contribution in [0.4, 0.5) is 4.39 Å². The summed E-state index contributed by atoms with van der Waals surface area (Å²) in [7, 11) is 0. The van der Waals surface area contributed by atoms with Crippen molar-refractivity contribution in [3.8, 4) is 17.2 Å². The van der Waals surface area contributed by atoms with Crippen molar-refractivity contribution in [1.29, 1.82) is 0 Å². The highest BCUT2D eigenvalue weighted by molar-refractivity contribution is 5.86. The van der Waals surface area contributed by atoms with Gasteiger partial charge in [0, 0.05) is 24.5 Å². The first-order valence-electron chi connectivity index (χ1n) is 10.3. The lowest BCUT2D eigenvalue weighted by Crippen LogP contribution is -2.15. The van der Waals surface area contributed by atoms with Crippen molar-refractivity contribution in [2.45, 2.75) is 27.0 Å². The molecule has 0 unspecified atom stereocenters. The van der Waals surface area contributed by atoms with Gasteiger partial charge in [-0.05, 0) is 54.8 Å². The molecule has 0 radical (unpaired) electrons. The Kier molecular flexibility index (Phi) is 4.98. The largest absolute Gasteiger partial charge is 0.487 e. The molecular formula is C25H23FN2O3. The van der Waals surface area contributed by atoms with Crippen molar-refractivity contribution < 1.29 is 18.6 Å². The fourth-order valence-corrected chi connectivity index (χ4v) is 3.94. The number of aromatic nitrogens is 2. The maximum atomic E-state index is 13.2. The van der Waals surface area contributed by atoms with Gasteiger partial charge in [0.2, 0.25) is 0 Å². The van der Waals surface area contributed by atoms with Crippen LogP contribution in [0.2, 0.25) is 0 Å². The number of ether oxygens (including phenoxy) is 3. The molecule has 31 heavy (non-hydrogen) atoms. The third-order valence-corrected chi connectivity index (χ3v) is 5.71. The predicted molar refractivity (Wildman–Crippen MR) is 116 cm³/mol. The van der Waals surface area contributed by atoms with Gasteiger partial charge in [0.05, 0.1) is 5.52 Å². The Bertz CT molecular complexity index is 1250. The van der Waals surface area contributed by atoms with E-state index < -0.39 is 0 Å². The van der Waals surface area contributed by atoms with E-state index in [-0.39, 0.29) is 5.82 Å². The van der Waals surface area contributed by atoms with Crippen molar-refractivity contribution in [2.75, 3.05) is 13.2 Å². The minimum Gasteiger partial charge on any atom is -0.487 e. The summed E-state index contributed by atoms with van der Waals surface area (Å²) in [5, 5.41) is 0. The van der Waals surface area contributed by atoms with Gasteiger partial charge >= 0.3 is 0 Å². The Hall–Kier alpha value is -3.54. The molecule has 5 nitrogen and oxygen atoms in total. The lowest BCUT2D eigenvalue weighted by atomic mass is 10.2. The predicted octanol–water partition coefficient (Wildman–Crippen LogP) is 5.19. The second kappa shape index (κ2) is 7.95. The lowest BCUT2D eigenvalue weighted by molar-refractivity contribution is 0.171. The van der Waals surface area contributed by atoms with Crippen LogP contribution in [0.3, 0.4) is 0 Å². The average Bonchev–Trinajstić information content (AvgIpc) is 3.04. The number of rotatable bonds is 5. The quantitative estimate of drug-likeness (QED) is 0.447. The number of halogens is 1. The SMILES string of the molecule is Cc1c(C)n(Cc2ccc3c(c2)OCCO3)c2c(OCc3ccc(F)cc3)ccnc12. The molecule has 0 amide bonds. The van der Waals surface area contributed by atoms with Gasteiger partial charge in [-0.3, -0.25) is 4.98 Å². The molecule has 6 heteroatoms. The van der Waals surface area contributed by atoms with Crippen molar-refractivity contribution in [2.24, 2.45) is 0 Å². The molecule has 2 aromatic heterocycles. The number of fused-ring (bicyclic) bond motifs is 2. The van der Waals surface area contributed by atoms with E-state index in [1.54, 1.807) is 18.3 Å². The molecule has 0 aliphatic carbocycles. The van der Waals surface area contributed by atoms with Crippen LogP contribution in [0.15, 0.2) is 54.7 Å². The third kappa shape index (κ3) is 3.69. The molecule has 4 aromatic rings. The highest BCUT2D eigenvalue weighted by atomic mass is 19.1. The summed E-state index contributed by atoms with van der Waals surface area (Å²) in [5.41, 5.74) is 6.15. The molecule has 0 saturated heterocycles. The van der Waals surface area contributed by atoms with E-state index in [1.165, 1.54) is 12.1 Å². The number of hydrogen-bond acceptors (Lipinski definition) is 4. The number of nitrogens with zero attached hydrogens (tertiary/aromatic N) is 2. The minimum absolute atomic E-state index is 0.255. The van der Waals surface area contributed by atoms with Gasteiger partial charge in [0.25, 0.3) is 0 Å². The number of aryl methyl sites for hydroxylation is 1. The Morgan fingerprint density at radius 2 is 1.71 bits per heavy atom. The average molecular weight is 418 g/mol. The molecule has 2 aromatic carbocycles. The maximum absolute atomic E-state index is 13.2. The Morgan fingerprint density at radius 3 is 2.52 bits per heavy atom. The van der Waals surface area contributed by atoms with Crippen molar-refractivity contribution in [1.82, 2.24) is 9.55 Å². The molecule has 158 valence electrons. The highest BCUT2D eigenvalue weighted by Crippen LogP contribution is 2.34. The van der Waals surface area contributed by atoms with Gasteiger partial charge in [0.1, 0.15) is 36.9 Å². The number of hydrogen-bond donors (Lipinski definition) is 0. The molecule has 1 aliphatic heterocycles. The van der Waals surface area contributed by atoms with Crippen LogP contribution in [-0.2, 0) is 13.2 Å². The van der Waals surface area contributed by atoms with Gasteiger partial charge in [0.15, 0.2) is 11.5 Å². The second-order valence-electron chi connectivity index (χ2n) is 7.70. The van der Waals surface area contributed by atoms with Crippen LogP contribution in [-0.4, -0.2) is 22.8 Å². The zero-order valence-corrected chi connectivity index (χ0v) is 17.5. The molecule has 3 heterocycles. The van der Waals surface area contributed by atoms with E-state index in [9.17, 15) is 4.39 Å². The van der Waals surface area contributed by atoms with Gasteiger partial charge in [-0.1, -0.05) is 18.2 Å². The molecule has 1 aliphatic rings. The maximum Gasteiger partial charge on any atom is 0.161 e. The van der Waals surface area contributed by atoms with E-state index in [4.69, 9.17) is 14.2 Å². The van der Waals surface area contributed by atoms with E-state index in [0.29, 0.717) is 26.4 Å².